The summed E-state index contributed by atoms with van der Waals surface area (Å²) in [5.74, 6) is -1.87. The molecule has 0 fully saturated rings. The second-order valence-electron chi connectivity index (χ2n) is 3.47. The van der Waals surface area contributed by atoms with Gasteiger partial charge in [0.2, 0.25) is 0 Å². The summed E-state index contributed by atoms with van der Waals surface area (Å²) in [6.07, 6.45) is -3.64. The van der Waals surface area contributed by atoms with Crippen molar-refractivity contribution < 1.29 is 42.1 Å². The van der Waals surface area contributed by atoms with Gasteiger partial charge in [0.1, 0.15) is 0 Å². The van der Waals surface area contributed by atoms with Crippen LogP contribution < -0.4 is 0 Å². The quantitative estimate of drug-likeness (QED) is 0.475. The first-order chi connectivity index (χ1) is 8.38. The van der Waals surface area contributed by atoms with Crippen LogP contribution in [0.5, 0.6) is 0 Å². The third-order valence-electron chi connectivity index (χ3n) is 2.20. The van der Waals surface area contributed by atoms with Gasteiger partial charge in [0.25, 0.3) is 0 Å². The molecule has 0 saturated heterocycles. The molecule has 7 heteroatoms. The summed E-state index contributed by atoms with van der Waals surface area (Å²) in [6, 6.07) is 5.07. The molecule has 0 aliphatic rings. The summed E-state index contributed by atoms with van der Waals surface area (Å²) in [6.45, 7) is 0. The minimum absolute atomic E-state index is 0. The van der Waals surface area contributed by atoms with E-state index in [9.17, 15) is 22.0 Å². The Bertz CT molecular complexity index is 583. The van der Waals surface area contributed by atoms with Crippen molar-refractivity contribution in [2.75, 3.05) is 0 Å². The van der Waals surface area contributed by atoms with Crippen LogP contribution in [-0.4, -0.2) is 4.98 Å². The molecule has 1 heterocycles. The second kappa shape index (κ2) is 5.75. The van der Waals surface area contributed by atoms with Gasteiger partial charge in [0.15, 0.2) is 0 Å². The number of pyridine rings is 1. The molecule has 103 valence electrons. The fourth-order valence-electron chi connectivity index (χ4n) is 1.38. The Hall–Kier alpha value is -1.33. The number of hydrogen-bond acceptors (Lipinski definition) is 1. The van der Waals surface area contributed by atoms with Gasteiger partial charge in [0.05, 0.1) is 0 Å². The molecule has 0 unspecified atom stereocenters. The number of hydrogen-bond donors (Lipinski definition) is 0. The molecule has 1 nitrogen and oxygen atoms in total. The van der Waals surface area contributed by atoms with Crippen LogP contribution in [0.4, 0.5) is 22.0 Å². The van der Waals surface area contributed by atoms with Crippen LogP contribution in [0.15, 0.2) is 30.5 Å². The predicted molar refractivity (Wildman–Crippen MR) is 53.4 cm³/mol. The Balaban J connectivity index is 0.00000180. The molecule has 1 aromatic carbocycles. The molecule has 0 aliphatic carbocycles. The molecule has 0 N–H and O–H groups in total. The van der Waals surface area contributed by atoms with Crippen molar-refractivity contribution in [3.63, 3.8) is 0 Å². The van der Waals surface area contributed by atoms with Gasteiger partial charge in [-0.15, -0.1) is 12.1 Å². The molecular formula is C12H5F5IrN-. The van der Waals surface area contributed by atoms with E-state index in [0.29, 0.717) is 12.1 Å². The minimum Gasteiger partial charge on any atom is -0.305 e. The maximum absolute atomic E-state index is 13.4. The molecule has 0 atom stereocenters. The van der Waals surface area contributed by atoms with Gasteiger partial charge in [-0.05, 0) is 11.8 Å². The SMILES string of the molecule is Fc1c[c-]c(-c2cc(C(F)(F)F)ccn2)c(F)c1.[Ir]. The molecule has 0 aliphatic heterocycles. The normalized spacial score (nSPS) is 11.0. The van der Waals surface area contributed by atoms with E-state index in [1.807, 2.05) is 0 Å². The Kier molecular flexibility index (Phi) is 4.76. The molecule has 1 aromatic heterocycles. The molecule has 0 saturated carbocycles. The molecule has 2 rings (SSSR count). The largest absolute Gasteiger partial charge is 0.415 e. The first kappa shape index (κ1) is 15.7. The first-order valence-corrected chi connectivity index (χ1v) is 4.78. The fraction of sp³-hybridized carbons (Fsp3) is 0.0833. The Morgan fingerprint density at radius 3 is 2.37 bits per heavy atom. The van der Waals surface area contributed by atoms with Gasteiger partial charge in [0, 0.05) is 43.5 Å². The minimum atomic E-state index is -4.55. The number of alkyl halides is 3. The van der Waals surface area contributed by atoms with E-state index in [1.54, 1.807) is 0 Å². The van der Waals surface area contributed by atoms with Gasteiger partial charge in [-0.3, -0.25) is 8.78 Å². The van der Waals surface area contributed by atoms with Crippen molar-refractivity contribution in [3.05, 3.63) is 53.7 Å². The monoisotopic (exact) mass is 451 g/mol. The summed E-state index contributed by atoms with van der Waals surface area (Å²) in [4.78, 5) is 3.62. The third kappa shape index (κ3) is 3.58. The summed E-state index contributed by atoms with van der Waals surface area (Å²) in [5, 5.41) is 0. The molecule has 1 radical (unpaired) electrons. The standard InChI is InChI=1S/C12H5F5N.Ir/c13-8-1-2-9(10(14)6-8)11-5-7(3-4-18-11)12(15,16)17;/h1,3-6H;/q-1;. The molecule has 19 heavy (non-hydrogen) atoms. The van der Waals surface area contributed by atoms with E-state index < -0.39 is 23.4 Å². The van der Waals surface area contributed by atoms with E-state index >= 15 is 0 Å². The third-order valence-corrected chi connectivity index (χ3v) is 2.20. The topological polar surface area (TPSA) is 12.9 Å². The molecular weight excluding hydrogens is 445 g/mol. The van der Waals surface area contributed by atoms with Crippen LogP contribution >= 0.6 is 0 Å². The number of nitrogens with zero attached hydrogens (tertiary/aromatic N) is 1. The maximum atomic E-state index is 13.4. The van der Waals surface area contributed by atoms with Crippen LogP contribution in [-0.2, 0) is 26.3 Å². The van der Waals surface area contributed by atoms with E-state index in [2.05, 4.69) is 11.1 Å². The van der Waals surface area contributed by atoms with Crippen molar-refractivity contribution >= 4 is 0 Å². The zero-order chi connectivity index (χ0) is 13.3. The summed E-state index contributed by atoms with van der Waals surface area (Å²) >= 11 is 0. The maximum Gasteiger partial charge on any atom is 0.415 e. The number of benzene rings is 1. The predicted octanol–water partition coefficient (Wildman–Crippen LogP) is 3.84. The Morgan fingerprint density at radius 1 is 1.11 bits per heavy atom. The molecule has 0 bridgehead atoms. The van der Waals surface area contributed by atoms with E-state index in [-0.39, 0.29) is 31.4 Å². The summed E-state index contributed by atoms with van der Waals surface area (Å²) in [5.41, 5.74) is -1.51. The second-order valence-corrected chi connectivity index (χ2v) is 3.47. The van der Waals surface area contributed by atoms with Crippen molar-refractivity contribution in [1.29, 1.82) is 0 Å². The first-order valence-electron chi connectivity index (χ1n) is 4.78. The van der Waals surface area contributed by atoms with Gasteiger partial charge < -0.3 is 4.98 Å². The van der Waals surface area contributed by atoms with Crippen molar-refractivity contribution in [2.24, 2.45) is 0 Å². The van der Waals surface area contributed by atoms with Gasteiger partial charge in [-0.1, -0.05) is 17.7 Å². The molecule has 0 spiro atoms. The van der Waals surface area contributed by atoms with Crippen LogP contribution in [0.1, 0.15) is 5.56 Å². The van der Waals surface area contributed by atoms with Crippen LogP contribution in [0.25, 0.3) is 11.3 Å². The van der Waals surface area contributed by atoms with Crippen molar-refractivity contribution in [1.82, 2.24) is 4.98 Å². The molecule has 2 aromatic rings. The van der Waals surface area contributed by atoms with Crippen molar-refractivity contribution in [2.45, 2.75) is 6.18 Å². The zero-order valence-electron chi connectivity index (χ0n) is 9.06. The number of rotatable bonds is 1. The summed E-state index contributed by atoms with van der Waals surface area (Å²) < 4.78 is 63.4. The van der Waals surface area contributed by atoms with E-state index in [1.165, 1.54) is 0 Å². The van der Waals surface area contributed by atoms with Gasteiger partial charge in [-0.25, -0.2) is 0 Å². The number of halogens is 5. The summed E-state index contributed by atoms with van der Waals surface area (Å²) in [7, 11) is 0. The van der Waals surface area contributed by atoms with Crippen LogP contribution in [0.2, 0.25) is 0 Å². The van der Waals surface area contributed by atoms with E-state index in [0.717, 1.165) is 18.3 Å². The Morgan fingerprint density at radius 2 is 1.79 bits per heavy atom. The number of aromatic nitrogens is 1. The van der Waals surface area contributed by atoms with Crippen molar-refractivity contribution in [3.8, 4) is 11.3 Å². The van der Waals surface area contributed by atoms with Crippen LogP contribution in [0.3, 0.4) is 0 Å². The smallest absolute Gasteiger partial charge is 0.305 e. The fourth-order valence-corrected chi connectivity index (χ4v) is 1.38. The van der Waals surface area contributed by atoms with Gasteiger partial charge >= 0.3 is 6.18 Å². The van der Waals surface area contributed by atoms with E-state index in [4.69, 9.17) is 0 Å². The Labute approximate surface area is 118 Å². The van der Waals surface area contributed by atoms with Crippen LogP contribution in [0, 0.1) is 17.7 Å². The zero-order valence-corrected chi connectivity index (χ0v) is 11.5. The van der Waals surface area contributed by atoms with Gasteiger partial charge in [-0.2, -0.15) is 13.2 Å². The molecule has 0 amide bonds. The average molecular weight is 450 g/mol. The average Bonchev–Trinajstić information content (AvgIpc) is 2.28.